The fourth-order valence-corrected chi connectivity index (χ4v) is 1.85. The highest BCUT2D eigenvalue weighted by molar-refractivity contribution is 5.88. The molecule has 0 bridgehead atoms. The van der Waals surface area contributed by atoms with E-state index in [0.29, 0.717) is 12.1 Å². The lowest BCUT2D eigenvalue weighted by Gasteiger charge is -2.07. The molecule has 5 heteroatoms. The number of benzene rings is 1. The molecule has 0 aliphatic rings. The van der Waals surface area contributed by atoms with Gasteiger partial charge in [0.05, 0.1) is 17.6 Å². The third kappa shape index (κ3) is 2.20. The molecular formula is C13H14N2O3. The van der Waals surface area contributed by atoms with Crippen LogP contribution in [0, 0.1) is 0 Å². The molecule has 0 amide bonds. The zero-order valence-corrected chi connectivity index (χ0v) is 10.00. The Morgan fingerprint density at radius 1 is 1.33 bits per heavy atom. The molecule has 0 saturated carbocycles. The molecule has 94 valence electrons. The Kier molecular flexibility index (Phi) is 3.32. The second-order valence-electron chi connectivity index (χ2n) is 3.99. The number of nitrogens with zero attached hydrogens (tertiary/aromatic N) is 2. The number of carboxylic acids is 1. The minimum Gasteiger partial charge on any atom is -0.508 e. The summed E-state index contributed by atoms with van der Waals surface area (Å²) in [6, 6.07) is 6.50. The minimum atomic E-state index is -0.969. The second-order valence-corrected chi connectivity index (χ2v) is 3.99. The molecule has 1 heterocycles. The predicted molar refractivity (Wildman–Crippen MR) is 66.2 cm³/mol. The van der Waals surface area contributed by atoms with E-state index in [-0.39, 0.29) is 11.3 Å². The van der Waals surface area contributed by atoms with Crippen molar-refractivity contribution in [3.05, 3.63) is 41.7 Å². The van der Waals surface area contributed by atoms with Crippen LogP contribution in [0.4, 0.5) is 0 Å². The van der Waals surface area contributed by atoms with Crippen molar-refractivity contribution in [3.8, 4) is 11.4 Å². The topological polar surface area (TPSA) is 75.3 Å². The fourth-order valence-electron chi connectivity index (χ4n) is 1.85. The third-order valence-electron chi connectivity index (χ3n) is 2.68. The Morgan fingerprint density at radius 3 is 2.56 bits per heavy atom. The first kappa shape index (κ1) is 12.2. The van der Waals surface area contributed by atoms with Gasteiger partial charge in [-0.2, -0.15) is 5.10 Å². The highest BCUT2D eigenvalue weighted by atomic mass is 16.4. The molecule has 0 saturated heterocycles. The summed E-state index contributed by atoms with van der Waals surface area (Å²) in [4.78, 5) is 11.1. The monoisotopic (exact) mass is 246 g/mol. The van der Waals surface area contributed by atoms with E-state index in [1.807, 2.05) is 6.92 Å². The number of aromatic carboxylic acids is 1. The van der Waals surface area contributed by atoms with Crippen LogP contribution >= 0.6 is 0 Å². The summed E-state index contributed by atoms with van der Waals surface area (Å²) >= 11 is 0. The SMILES string of the molecule is CCCc1c(C(=O)O)cnn1-c1ccc(O)cc1. The van der Waals surface area contributed by atoms with Gasteiger partial charge in [-0.3, -0.25) is 0 Å². The molecule has 2 N–H and O–H groups in total. The lowest BCUT2D eigenvalue weighted by Crippen LogP contribution is -2.06. The number of phenols is 1. The Morgan fingerprint density at radius 2 is 2.00 bits per heavy atom. The summed E-state index contributed by atoms with van der Waals surface area (Å²) < 4.78 is 1.60. The summed E-state index contributed by atoms with van der Waals surface area (Å²) in [5.41, 5.74) is 1.64. The molecule has 0 aliphatic heterocycles. The number of carboxylic acid groups (broad SMARTS) is 1. The number of hydrogen-bond acceptors (Lipinski definition) is 3. The van der Waals surface area contributed by atoms with Crippen LogP contribution in [0.1, 0.15) is 29.4 Å². The molecule has 0 atom stereocenters. The van der Waals surface area contributed by atoms with Crippen molar-refractivity contribution >= 4 is 5.97 Å². The first-order chi connectivity index (χ1) is 8.63. The quantitative estimate of drug-likeness (QED) is 0.867. The third-order valence-corrected chi connectivity index (χ3v) is 2.68. The van der Waals surface area contributed by atoms with Crippen molar-refractivity contribution in [1.29, 1.82) is 0 Å². The van der Waals surface area contributed by atoms with Crippen LogP contribution in [0.2, 0.25) is 0 Å². The minimum absolute atomic E-state index is 0.168. The van der Waals surface area contributed by atoms with Crippen molar-refractivity contribution in [2.45, 2.75) is 19.8 Å². The summed E-state index contributed by atoms with van der Waals surface area (Å²) in [7, 11) is 0. The smallest absolute Gasteiger partial charge is 0.339 e. The van der Waals surface area contributed by atoms with Gasteiger partial charge in [0.25, 0.3) is 0 Å². The van der Waals surface area contributed by atoms with E-state index in [9.17, 15) is 9.90 Å². The maximum atomic E-state index is 11.1. The van der Waals surface area contributed by atoms with Crippen LogP contribution < -0.4 is 0 Å². The van der Waals surface area contributed by atoms with E-state index >= 15 is 0 Å². The van der Waals surface area contributed by atoms with E-state index in [4.69, 9.17) is 5.11 Å². The zero-order chi connectivity index (χ0) is 13.1. The summed E-state index contributed by atoms with van der Waals surface area (Å²) in [6.45, 7) is 1.99. The summed E-state index contributed by atoms with van der Waals surface area (Å²) in [5, 5.41) is 22.5. The van der Waals surface area contributed by atoms with Crippen molar-refractivity contribution in [1.82, 2.24) is 9.78 Å². The van der Waals surface area contributed by atoms with Gasteiger partial charge in [-0.05, 0) is 30.7 Å². The molecule has 18 heavy (non-hydrogen) atoms. The summed E-state index contributed by atoms with van der Waals surface area (Å²) in [6.07, 6.45) is 2.84. The molecule has 1 aromatic carbocycles. The maximum absolute atomic E-state index is 11.1. The average molecular weight is 246 g/mol. The van der Waals surface area contributed by atoms with Gasteiger partial charge >= 0.3 is 5.97 Å². The zero-order valence-electron chi connectivity index (χ0n) is 10.00. The van der Waals surface area contributed by atoms with Crippen LogP contribution in [0.3, 0.4) is 0 Å². The van der Waals surface area contributed by atoms with E-state index in [1.165, 1.54) is 6.20 Å². The van der Waals surface area contributed by atoms with Crippen LogP contribution in [0.15, 0.2) is 30.5 Å². The molecule has 0 spiro atoms. The van der Waals surface area contributed by atoms with E-state index < -0.39 is 5.97 Å². The standard InChI is InChI=1S/C13H14N2O3/c1-2-3-12-11(13(17)18)8-14-15(12)9-4-6-10(16)7-5-9/h4-8,16H,2-3H2,1H3,(H,17,18). The van der Waals surface area contributed by atoms with Gasteiger partial charge in [0, 0.05) is 0 Å². The largest absolute Gasteiger partial charge is 0.508 e. The molecule has 2 rings (SSSR count). The Labute approximate surface area is 104 Å². The molecule has 0 fully saturated rings. The molecule has 5 nitrogen and oxygen atoms in total. The van der Waals surface area contributed by atoms with Crippen molar-refractivity contribution in [2.24, 2.45) is 0 Å². The maximum Gasteiger partial charge on any atom is 0.339 e. The number of aromatic hydroxyl groups is 1. The average Bonchev–Trinajstić information content (AvgIpc) is 2.74. The number of rotatable bonds is 4. The van der Waals surface area contributed by atoms with Crippen molar-refractivity contribution in [2.75, 3.05) is 0 Å². The van der Waals surface area contributed by atoms with Gasteiger partial charge in [-0.15, -0.1) is 0 Å². The van der Waals surface area contributed by atoms with Gasteiger partial charge in [-0.25, -0.2) is 9.48 Å². The summed E-state index contributed by atoms with van der Waals surface area (Å²) in [5.74, 6) is -0.801. The lowest BCUT2D eigenvalue weighted by atomic mass is 10.1. The lowest BCUT2D eigenvalue weighted by molar-refractivity contribution is 0.0695. The Balaban J connectivity index is 2.50. The number of hydrogen-bond donors (Lipinski definition) is 2. The first-order valence-electron chi connectivity index (χ1n) is 5.73. The highest BCUT2D eigenvalue weighted by Crippen LogP contribution is 2.19. The first-order valence-corrected chi connectivity index (χ1v) is 5.73. The van der Waals surface area contributed by atoms with Gasteiger partial charge in [-0.1, -0.05) is 13.3 Å². The van der Waals surface area contributed by atoms with Gasteiger partial charge < -0.3 is 10.2 Å². The van der Waals surface area contributed by atoms with Gasteiger partial charge in [0.15, 0.2) is 0 Å². The Hall–Kier alpha value is -2.30. The van der Waals surface area contributed by atoms with Crippen LogP contribution in [-0.2, 0) is 6.42 Å². The molecule has 1 aromatic heterocycles. The molecule has 0 unspecified atom stereocenters. The number of aromatic nitrogens is 2. The van der Waals surface area contributed by atoms with E-state index in [0.717, 1.165) is 12.1 Å². The van der Waals surface area contributed by atoms with Crippen LogP contribution in [0.25, 0.3) is 5.69 Å². The van der Waals surface area contributed by atoms with E-state index in [1.54, 1.807) is 28.9 Å². The van der Waals surface area contributed by atoms with E-state index in [2.05, 4.69) is 5.10 Å². The van der Waals surface area contributed by atoms with Crippen molar-refractivity contribution in [3.63, 3.8) is 0 Å². The molecular weight excluding hydrogens is 232 g/mol. The number of carbonyl (C=O) groups is 1. The molecule has 0 aliphatic carbocycles. The van der Waals surface area contributed by atoms with Crippen molar-refractivity contribution < 1.29 is 15.0 Å². The van der Waals surface area contributed by atoms with Crippen LogP contribution in [0.5, 0.6) is 5.75 Å². The number of phenolic OH excluding ortho intramolecular Hbond substituents is 1. The Bertz CT molecular complexity index is 558. The highest BCUT2D eigenvalue weighted by Gasteiger charge is 2.16. The van der Waals surface area contributed by atoms with Gasteiger partial charge in [0.2, 0.25) is 0 Å². The molecule has 2 aromatic rings. The normalized spacial score (nSPS) is 10.5. The van der Waals surface area contributed by atoms with Crippen LogP contribution in [-0.4, -0.2) is 26.0 Å². The molecule has 0 radical (unpaired) electrons. The second kappa shape index (κ2) is 4.91. The fraction of sp³-hybridized carbons (Fsp3) is 0.231. The predicted octanol–water partition coefficient (Wildman–Crippen LogP) is 2.23. The van der Waals surface area contributed by atoms with Gasteiger partial charge in [0.1, 0.15) is 11.3 Å².